The molecule has 0 unspecified atom stereocenters. The van der Waals surface area contributed by atoms with E-state index in [1.54, 1.807) is 12.4 Å². The second-order valence-corrected chi connectivity index (χ2v) is 5.28. The molecule has 1 aliphatic rings. The third-order valence-corrected chi connectivity index (χ3v) is 3.50. The highest BCUT2D eigenvalue weighted by atomic mass is 79.9. The summed E-state index contributed by atoms with van der Waals surface area (Å²) in [6, 6.07) is 6.39. The van der Waals surface area contributed by atoms with Gasteiger partial charge in [-0.1, -0.05) is 6.07 Å². The molecule has 4 nitrogen and oxygen atoms in total. The number of nitrogens with one attached hydrogen (secondary N) is 1. The molecule has 18 heavy (non-hydrogen) atoms. The van der Waals surface area contributed by atoms with Crippen LogP contribution in [0.25, 0.3) is 0 Å². The van der Waals surface area contributed by atoms with Crippen LogP contribution >= 0.6 is 15.9 Å². The zero-order valence-corrected chi connectivity index (χ0v) is 11.6. The second kappa shape index (κ2) is 4.57. The van der Waals surface area contributed by atoms with E-state index in [0.717, 1.165) is 23.1 Å². The van der Waals surface area contributed by atoms with Crippen molar-refractivity contribution < 1.29 is 0 Å². The van der Waals surface area contributed by atoms with Gasteiger partial charge in [-0.3, -0.25) is 0 Å². The van der Waals surface area contributed by atoms with Crippen molar-refractivity contribution >= 4 is 33.3 Å². The minimum Gasteiger partial charge on any atom is -0.374 e. The summed E-state index contributed by atoms with van der Waals surface area (Å²) in [6.07, 6.45) is 4.59. The molecule has 1 aromatic heterocycles. The van der Waals surface area contributed by atoms with Gasteiger partial charge in [0.1, 0.15) is 0 Å². The largest absolute Gasteiger partial charge is 0.374 e. The van der Waals surface area contributed by atoms with E-state index in [9.17, 15) is 0 Å². The molecule has 0 bridgehead atoms. The molecule has 1 aromatic carbocycles. The predicted octanol–water partition coefficient (Wildman–Crippen LogP) is 2.98. The quantitative estimate of drug-likeness (QED) is 0.926. The van der Waals surface area contributed by atoms with Gasteiger partial charge in [0, 0.05) is 37.4 Å². The van der Waals surface area contributed by atoms with Crippen molar-refractivity contribution in [2.24, 2.45) is 0 Å². The van der Waals surface area contributed by atoms with Gasteiger partial charge in [-0.25, -0.2) is 9.97 Å². The van der Waals surface area contributed by atoms with Crippen molar-refractivity contribution in [2.75, 3.05) is 23.8 Å². The molecule has 0 spiro atoms. The lowest BCUT2D eigenvalue weighted by atomic mass is 10.1. The number of benzene rings is 1. The normalized spacial score (nSPS) is 13.6. The molecule has 0 aliphatic carbocycles. The molecule has 92 valence electrons. The van der Waals surface area contributed by atoms with Gasteiger partial charge in [0.25, 0.3) is 0 Å². The van der Waals surface area contributed by atoms with E-state index < -0.39 is 0 Å². The highest BCUT2D eigenvalue weighted by Gasteiger charge is 2.15. The van der Waals surface area contributed by atoms with E-state index in [4.69, 9.17) is 0 Å². The fourth-order valence-electron chi connectivity index (χ4n) is 2.12. The van der Waals surface area contributed by atoms with E-state index in [1.165, 1.54) is 11.3 Å². The van der Waals surface area contributed by atoms with Gasteiger partial charge in [0.15, 0.2) is 0 Å². The molecule has 0 radical (unpaired) electrons. The average Bonchev–Trinajstić information content (AvgIpc) is 2.74. The molecule has 3 rings (SSSR count). The Morgan fingerprint density at radius 1 is 1.28 bits per heavy atom. The molecule has 0 saturated heterocycles. The summed E-state index contributed by atoms with van der Waals surface area (Å²) < 4.78 is 0.877. The number of anilines is 3. The van der Waals surface area contributed by atoms with Gasteiger partial charge >= 0.3 is 0 Å². The topological polar surface area (TPSA) is 41.0 Å². The summed E-state index contributed by atoms with van der Waals surface area (Å²) >= 11 is 3.32. The first-order valence-corrected chi connectivity index (χ1v) is 6.60. The number of likely N-dealkylation sites (N-methyl/N-ethyl adjacent to an activating group) is 1. The Morgan fingerprint density at radius 3 is 2.83 bits per heavy atom. The van der Waals surface area contributed by atoms with Crippen molar-refractivity contribution in [3.05, 3.63) is 40.6 Å². The fourth-order valence-corrected chi connectivity index (χ4v) is 2.33. The van der Waals surface area contributed by atoms with Crippen molar-refractivity contribution in [1.29, 1.82) is 0 Å². The Labute approximate surface area is 114 Å². The summed E-state index contributed by atoms with van der Waals surface area (Å²) in [5.41, 5.74) is 3.71. The number of hydrogen-bond donors (Lipinski definition) is 1. The van der Waals surface area contributed by atoms with E-state index in [0.29, 0.717) is 5.95 Å². The number of halogens is 1. The molecular weight excluding hydrogens is 292 g/mol. The van der Waals surface area contributed by atoms with Crippen LogP contribution in [-0.2, 0) is 6.42 Å². The van der Waals surface area contributed by atoms with Crippen LogP contribution in [0.2, 0.25) is 0 Å². The Morgan fingerprint density at radius 2 is 2.06 bits per heavy atom. The van der Waals surface area contributed by atoms with E-state index in [-0.39, 0.29) is 0 Å². The third kappa shape index (κ3) is 2.18. The number of rotatable bonds is 2. The van der Waals surface area contributed by atoms with Gasteiger partial charge in [0.2, 0.25) is 5.95 Å². The van der Waals surface area contributed by atoms with Gasteiger partial charge in [0.05, 0.1) is 4.47 Å². The summed E-state index contributed by atoms with van der Waals surface area (Å²) in [5.74, 6) is 0.610. The monoisotopic (exact) mass is 304 g/mol. The molecule has 1 aliphatic heterocycles. The first kappa shape index (κ1) is 11.5. The maximum absolute atomic E-state index is 4.20. The second-order valence-electron chi connectivity index (χ2n) is 4.36. The van der Waals surface area contributed by atoms with E-state index in [1.807, 2.05) is 0 Å². The van der Waals surface area contributed by atoms with Crippen molar-refractivity contribution in [3.8, 4) is 0 Å². The lowest BCUT2D eigenvalue weighted by molar-refractivity contribution is 0.956. The summed E-state index contributed by atoms with van der Waals surface area (Å²) in [6.45, 7) is 1.09. The van der Waals surface area contributed by atoms with Crippen LogP contribution in [0.15, 0.2) is 35.1 Å². The number of fused-ring (bicyclic) bond motifs is 1. The van der Waals surface area contributed by atoms with Crippen LogP contribution in [0.1, 0.15) is 5.56 Å². The fraction of sp³-hybridized carbons (Fsp3) is 0.231. The predicted molar refractivity (Wildman–Crippen MR) is 76.4 cm³/mol. The molecule has 5 heteroatoms. The van der Waals surface area contributed by atoms with Crippen LogP contribution in [0.4, 0.5) is 17.3 Å². The Kier molecular flexibility index (Phi) is 2.91. The van der Waals surface area contributed by atoms with Crippen LogP contribution in [-0.4, -0.2) is 23.6 Å². The molecule has 0 atom stereocenters. The Hall–Kier alpha value is -1.62. The van der Waals surface area contributed by atoms with Crippen molar-refractivity contribution in [2.45, 2.75) is 6.42 Å². The third-order valence-electron chi connectivity index (χ3n) is 3.09. The van der Waals surface area contributed by atoms with Crippen LogP contribution in [0, 0.1) is 0 Å². The number of aromatic nitrogens is 2. The maximum Gasteiger partial charge on any atom is 0.227 e. The Bertz CT molecular complexity index is 568. The van der Waals surface area contributed by atoms with Crippen LogP contribution < -0.4 is 10.2 Å². The SMILES string of the molecule is CN1CCc2ccc(Nc3ncc(Br)cn3)cc21. The van der Waals surface area contributed by atoms with Gasteiger partial charge in [-0.05, 0) is 40.0 Å². The highest BCUT2D eigenvalue weighted by molar-refractivity contribution is 9.10. The lowest BCUT2D eigenvalue weighted by Crippen LogP contribution is -2.12. The molecule has 1 N–H and O–H groups in total. The minimum atomic E-state index is 0.610. The molecule has 0 amide bonds. The first-order chi connectivity index (χ1) is 8.72. The van der Waals surface area contributed by atoms with Gasteiger partial charge < -0.3 is 10.2 Å². The highest BCUT2D eigenvalue weighted by Crippen LogP contribution is 2.30. The standard InChI is InChI=1S/C13H13BrN4/c1-18-5-4-9-2-3-11(6-12(9)18)17-13-15-7-10(14)8-16-13/h2-3,6-8H,4-5H2,1H3,(H,15,16,17). The van der Waals surface area contributed by atoms with Crippen molar-refractivity contribution in [3.63, 3.8) is 0 Å². The lowest BCUT2D eigenvalue weighted by Gasteiger charge is -2.13. The first-order valence-electron chi connectivity index (χ1n) is 5.81. The Balaban J connectivity index is 1.85. The summed E-state index contributed by atoms with van der Waals surface area (Å²) in [5, 5.41) is 3.21. The molecule has 0 fully saturated rings. The van der Waals surface area contributed by atoms with Crippen LogP contribution in [0.5, 0.6) is 0 Å². The summed E-state index contributed by atoms with van der Waals surface area (Å²) in [7, 11) is 2.12. The van der Waals surface area contributed by atoms with Gasteiger partial charge in [-0.15, -0.1) is 0 Å². The molecule has 0 saturated carbocycles. The molecular formula is C13H13BrN4. The smallest absolute Gasteiger partial charge is 0.227 e. The average molecular weight is 305 g/mol. The van der Waals surface area contributed by atoms with Gasteiger partial charge in [-0.2, -0.15) is 0 Å². The van der Waals surface area contributed by atoms with Crippen LogP contribution in [0.3, 0.4) is 0 Å². The zero-order valence-electron chi connectivity index (χ0n) is 10.0. The number of hydrogen-bond acceptors (Lipinski definition) is 4. The summed E-state index contributed by atoms with van der Waals surface area (Å²) in [4.78, 5) is 10.7. The van der Waals surface area contributed by atoms with Crippen molar-refractivity contribution in [1.82, 2.24) is 9.97 Å². The van der Waals surface area contributed by atoms with E-state index >= 15 is 0 Å². The zero-order chi connectivity index (χ0) is 12.5. The molecule has 2 heterocycles. The van der Waals surface area contributed by atoms with E-state index in [2.05, 4.69) is 61.4 Å². The molecule has 2 aromatic rings. The number of nitrogens with zero attached hydrogens (tertiary/aromatic N) is 3. The maximum atomic E-state index is 4.20. The minimum absolute atomic E-state index is 0.610.